The summed E-state index contributed by atoms with van der Waals surface area (Å²) in [6.45, 7) is 11.7. The van der Waals surface area contributed by atoms with Crippen molar-refractivity contribution in [3.8, 4) is 0 Å². The molecule has 0 radical (unpaired) electrons. The van der Waals surface area contributed by atoms with E-state index in [1.54, 1.807) is 27.8 Å². The molecule has 0 nitrogen and oxygen atoms in total. The molecule has 0 saturated carbocycles. The molecule has 1 rings (SSSR count). The topological polar surface area (TPSA) is 0 Å². The minimum atomic E-state index is 0. The molecule has 1 aromatic rings. The predicted octanol–water partition coefficient (Wildman–Crippen LogP) is -2.82. The summed E-state index contributed by atoms with van der Waals surface area (Å²) in [5.74, 6) is 0. The van der Waals surface area contributed by atoms with Gasteiger partial charge in [-0.05, 0) is 0 Å². The van der Waals surface area contributed by atoms with Gasteiger partial charge in [-0.25, -0.2) is 0 Å². The summed E-state index contributed by atoms with van der Waals surface area (Å²) in [6.07, 6.45) is 12.9. The van der Waals surface area contributed by atoms with Crippen LogP contribution in [0, 0.1) is 0 Å². The summed E-state index contributed by atoms with van der Waals surface area (Å²) in [7, 11) is 0. The summed E-state index contributed by atoms with van der Waals surface area (Å²) in [5, 5.41) is 0. The maximum atomic E-state index is 2.33. The molecule has 24 heavy (non-hydrogen) atoms. The largest absolute Gasteiger partial charge is 4.00 e. The minimum Gasteiger partial charge on any atom is -1.00 e. The van der Waals surface area contributed by atoms with Crippen molar-refractivity contribution in [1.29, 1.82) is 0 Å². The molecule has 0 aliphatic heterocycles. The molecule has 0 atom stereocenters. The Balaban J connectivity index is -0.000000500. The second kappa shape index (κ2) is 18.9. The minimum absolute atomic E-state index is 0. The number of hydrogen-bond donors (Lipinski definition) is 0. The molecule has 0 heterocycles. The fraction of sp³-hybridized carbons (Fsp3) is 0.750. The summed E-state index contributed by atoms with van der Waals surface area (Å²) in [5.41, 5.74) is 8.76. The predicted molar refractivity (Wildman–Crippen MR) is 92.0 cm³/mol. The van der Waals surface area contributed by atoms with Gasteiger partial charge in [0.1, 0.15) is 0 Å². The quantitative estimate of drug-likeness (QED) is 0.214. The van der Waals surface area contributed by atoms with Gasteiger partial charge in [0.2, 0.25) is 0 Å². The zero-order valence-electron chi connectivity index (χ0n) is 16.2. The van der Waals surface area contributed by atoms with Crippen molar-refractivity contribution in [2.45, 2.75) is 98.8 Å². The van der Waals surface area contributed by atoms with Crippen LogP contribution >= 0.6 is 0 Å². The first-order valence-corrected chi connectivity index (χ1v) is 9.05. The number of hydrogen-bond acceptors (Lipinski definition) is 0. The van der Waals surface area contributed by atoms with Gasteiger partial charge in [0.15, 0.2) is 0 Å². The second-order valence-corrected chi connectivity index (χ2v) is 6.14. The van der Waals surface area contributed by atoms with Crippen LogP contribution in [0.15, 0.2) is 0 Å². The fourth-order valence-electron chi connectivity index (χ4n) is 3.67. The molecule has 140 valence electrons. The van der Waals surface area contributed by atoms with Crippen molar-refractivity contribution in [3.63, 3.8) is 0 Å². The van der Waals surface area contributed by atoms with Crippen LogP contribution < -0.4 is 37.2 Å². The van der Waals surface area contributed by atoms with E-state index >= 15 is 0 Å². The molecule has 0 fully saturated rings. The summed E-state index contributed by atoms with van der Waals surface area (Å²) in [6, 6.07) is 0. The van der Waals surface area contributed by atoms with E-state index in [9.17, 15) is 0 Å². The Morgan fingerprint density at radius 2 is 0.875 bits per heavy atom. The first kappa shape index (κ1) is 32.7. The Hall–Kier alpha value is 1.09. The molecule has 0 aliphatic carbocycles. The zero-order valence-corrected chi connectivity index (χ0v) is 22.1. The van der Waals surface area contributed by atoms with Gasteiger partial charge in [-0.1, -0.05) is 98.8 Å². The smallest absolute Gasteiger partial charge is 1.00 e. The SMILES string of the molecule is CCCc1c(CCC)c(CCC)[c-](CCC)c1CCC.[Cl-].[Cl-].[Cl-].[Hf+4]. The van der Waals surface area contributed by atoms with Crippen molar-refractivity contribution in [2.24, 2.45) is 0 Å². The van der Waals surface area contributed by atoms with Crippen molar-refractivity contribution in [3.05, 3.63) is 27.8 Å². The average Bonchev–Trinajstić information content (AvgIpc) is 2.68. The normalized spacial score (nSPS) is 9.38. The van der Waals surface area contributed by atoms with Crippen LogP contribution in [0.3, 0.4) is 0 Å². The summed E-state index contributed by atoms with van der Waals surface area (Å²) < 4.78 is 0. The fourth-order valence-corrected chi connectivity index (χ4v) is 3.67. The van der Waals surface area contributed by atoms with Crippen LogP contribution in [0.1, 0.15) is 94.5 Å². The van der Waals surface area contributed by atoms with Crippen molar-refractivity contribution in [1.82, 2.24) is 0 Å². The van der Waals surface area contributed by atoms with E-state index in [4.69, 9.17) is 0 Å². The van der Waals surface area contributed by atoms with E-state index in [0.717, 1.165) is 0 Å². The Kier molecular flexibility index (Phi) is 25.7. The van der Waals surface area contributed by atoms with E-state index in [-0.39, 0.29) is 63.1 Å². The van der Waals surface area contributed by atoms with Crippen molar-refractivity contribution in [2.75, 3.05) is 0 Å². The molecule has 0 saturated heterocycles. The van der Waals surface area contributed by atoms with E-state index in [2.05, 4.69) is 34.6 Å². The maximum Gasteiger partial charge on any atom is 4.00 e. The maximum absolute atomic E-state index is 2.33. The van der Waals surface area contributed by atoms with Gasteiger partial charge in [-0.15, -0.1) is 0 Å². The molecule has 0 unspecified atom stereocenters. The molecular weight excluding hydrogens is 525 g/mol. The molecular formula is C20H35Cl3Hf. The summed E-state index contributed by atoms with van der Waals surface area (Å²) >= 11 is 0. The molecule has 4 heteroatoms. The monoisotopic (exact) mass is 560 g/mol. The first-order chi connectivity index (χ1) is 9.74. The van der Waals surface area contributed by atoms with Gasteiger partial charge in [-0.2, -0.15) is 27.8 Å². The van der Waals surface area contributed by atoms with E-state index < -0.39 is 0 Å². The van der Waals surface area contributed by atoms with Gasteiger partial charge >= 0.3 is 25.8 Å². The van der Waals surface area contributed by atoms with Gasteiger partial charge < -0.3 is 37.2 Å². The third kappa shape index (κ3) is 8.65. The molecule has 1 aromatic carbocycles. The Morgan fingerprint density at radius 1 is 0.542 bits per heavy atom. The Bertz CT molecular complexity index is 297. The van der Waals surface area contributed by atoms with Gasteiger partial charge in [0, 0.05) is 0 Å². The molecule has 0 amide bonds. The van der Waals surface area contributed by atoms with Crippen LogP contribution in [0.25, 0.3) is 0 Å². The summed E-state index contributed by atoms with van der Waals surface area (Å²) in [4.78, 5) is 0. The van der Waals surface area contributed by atoms with Gasteiger partial charge in [0.05, 0.1) is 0 Å². The Morgan fingerprint density at radius 3 is 1.12 bits per heavy atom. The average molecular weight is 560 g/mol. The van der Waals surface area contributed by atoms with Crippen LogP contribution in [-0.4, -0.2) is 0 Å². The van der Waals surface area contributed by atoms with Crippen LogP contribution in [0.2, 0.25) is 0 Å². The van der Waals surface area contributed by atoms with Crippen LogP contribution in [0.5, 0.6) is 0 Å². The number of rotatable bonds is 10. The molecule has 0 bridgehead atoms. The molecule has 0 aromatic heterocycles. The van der Waals surface area contributed by atoms with Gasteiger partial charge in [-0.3, -0.25) is 0 Å². The van der Waals surface area contributed by atoms with Crippen LogP contribution in [-0.2, 0) is 57.9 Å². The van der Waals surface area contributed by atoms with Crippen LogP contribution in [0.4, 0.5) is 0 Å². The standard InChI is InChI=1S/C20H35.3ClH.Hf/c1-6-11-16-17(12-7-2)19(14-9-4)20(15-10-5)18(16)13-8-3;;;;/h6-15H2,1-5H3;3*1H;/q-1;;;;+4/p-3. The molecule has 0 N–H and O–H groups in total. The first-order valence-electron chi connectivity index (χ1n) is 9.05. The van der Waals surface area contributed by atoms with E-state index in [0.29, 0.717) is 0 Å². The van der Waals surface area contributed by atoms with E-state index in [1.165, 1.54) is 64.2 Å². The molecule has 0 aliphatic rings. The van der Waals surface area contributed by atoms with E-state index in [1.807, 2.05) is 0 Å². The second-order valence-electron chi connectivity index (χ2n) is 6.14. The van der Waals surface area contributed by atoms with Gasteiger partial charge in [0.25, 0.3) is 0 Å². The molecule has 0 spiro atoms. The van der Waals surface area contributed by atoms with Crippen molar-refractivity contribution >= 4 is 0 Å². The Labute approximate surface area is 188 Å². The van der Waals surface area contributed by atoms with Crippen molar-refractivity contribution < 1.29 is 63.1 Å². The third-order valence-electron chi connectivity index (χ3n) is 4.32. The number of halogens is 3. The third-order valence-corrected chi connectivity index (χ3v) is 4.32. The zero-order chi connectivity index (χ0) is 15.0.